The van der Waals surface area contributed by atoms with Crippen LogP contribution in [0.4, 0.5) is 0 Å². The van der Waals surface area contributed by atoms with Gasteiger partial charge in [0.15, 0.2) is 0 Å². The smallest absolute Gasteiger partial charge is 0.0197 e. The maximum absolute atomic E-state index is 2.43. The molecule has 0 N–H and O–H groups in total. The Morgan fingerprint density at radius 1 is 1.13 bits per heavy atom. The highest BCUT2D eigenvalue weighted by Crippen LogP contribution is 2.38. The van der Waals surface area contributed by atoms with Gasteiger partial charge >= 0.3 is 0 Å². The van der Waals surface area contributed by atoms with E-state index < -0.39 is 0 Å². The van der Waals surface area contributed by atoms with E-state index in [2.05, 4.69) is 52.0 Å². The Labute approximate surface area is 95.5 Å². The van der Waals surface area contributed by atoms with Crippen LogP contribution in [0.25, 0.3) is 0 Å². The number of rotatable bonds is 3. The first-order valence-corrected chi connectivity index (χ1v) is 6.44. The molecule has 1 aliphatic rings. The molecule has 0 aromatic rings. The zero-order valence-corrected chi connectivity index (χ0v) is 10.7. The molecule has 1 fully saturated rings. The van der Waals surface area contributed by atoms with E-state index in [9.17, 15) is 0 Å². The molecular formula is C15H26. The van der Waals surface area contributed by atoms with Crippen molar-refractivity contribution < 1.29 is 0 Å². The van der Waals surface area contributed by atoms with Gasteiger partial charge in [0, 0.05) is 0 Å². The molecule has 0 amide bonds. The van der Waals surface area contributed by atoms with Gasteiger partial charge in [0.2, 0.25) is 0 Å². The minimum Gasteiger partial charge on any atom is -0.0877 e. The van der Waals surface area contributed by atoms with Gasteiger partial charge in [-0.15, -0.1) is 0 Å². The SMILES string of the molecule is CC=CC=CC1CC(C)CCC1C(C)C. The molecule has 0 bridgehead atoms. The zero-order valence-electron chi connectivity index (χ0n) is 10.7. The van der Waals surface area contributed by atoms with Crippen LogP contribution in [0.5, 0.6) is 0 Å². The van der Waals surface area contributed by atoms with Gasteiger partial charge in [-0.05, 0) is 43.4 Å². The van der Waals surface area contributed by atoms with E-state index >= 15 is 0 Å². The summed E-state index contributed by atoms with van der Waals surface area (Å²) in [5.74, 6) is 3.46. The van der Waals surface area contributed by atoms with Gasteiger partial charge in [-0.2, -0.15) is 0 Å². The first-order chi connectivity index (χ1) is 7.15. The van der Waals surface area contributed by atoms with Crippen molar-refractivity contribution in [1.29, 1.82) is 0 Å². The van der Waals surface area contributed by atoms with Gasteiger partial charge in [0.25, 0.3) is 0 Å². The Morgan fingerprint density at radius 3 is 2.47 bits per heavy atom. The van der Waals surface area contributed by atoms with Crippen molar-refractivity contribution in [3.05, 3.63) is 24.3 Å². The monoisotopic (exact) mass is 206 g/mol. The molecule has 1 aliphatic carbocycles. The van der Waals surface area contributed by atoms with Crippen LogP contribution in [-0.2, 0) is 0 Å². The van der Waals surface area contributed by atoms with Gasteiger partial charge in [-0.1, -0.05) is 51.5 Å². The molecule has 0 heteroatoms. The Bertz CT molecular complexity index is 222. The molecule has 0 heterocycles. The summed E-state index contributed by atoms with van der Waals surface area (Å²) >= 11 is 0. The highest BCUT2D eigenvalue weighted by molar-refractivity contribution is 5.05. The molecule has 0 aromatic heterocycles. The summed E-state index contributed by atoms with van der Waals surface area (Å²) < 4.78 is 0. The molecule has 15 heavy (non-hydrogen) atoms. The lowest BCUT2D eigenvalue weighted by Gasteiger charge is -2.35. The summed E-state index contributed by atoms with van der Waals surface area (Å²) in [6.45, 7) is 9.22. The van der Waals surface area contributed by atoms with E-state index in [4.69, 9.17) is 0 Å². The van der Waals surface area contributed by atoms with Crippen LogP contribution >= 0.6 is 0 Å². The molecule has 1 rings (SSSR count). The maximum atomic E-state index is 2.43. The molecule has 0 radical (unpaired) electrons. The van der Waals surface area contributed by atoms with Crippen LogP contribution in [0, 0.1) is 23.7 Å². The van der Waals surface area contributed by atoms with Crippen molar-refractivity contribution in [2.75, 3.05) is 0 Å². The van der Waals surface area contributed by atoms with Gasteiger partial charge in [-0.25, -0.2) is 0 Å². The topological polar surface area (TPSA) is 0 Å². The van der Waals surface area contributed by atoms with Crippen molar-refractivity contribution >= 4 is 0 Å². The average molecular weight is 206 g/mol. The predicted molar refractivity (Wildman–Crippen MR) is 68.8 cm³/mol. The minimum atomic E-state index is 0.810. The normalized spacial score (nSPS) is 33.3. The highest BCUT2D eigenvalue weighted by Gasteiger charge is 2.28. The van der Waals surface area contributed by atoms with Crippen LogP contribution in [0.15, 0.2) is 24.3 Å². The van der Waals surface area contributed by atoms with Gasteiger partial charge in [0.05, 0.1) is 0 Å². The molecule has 3 unspecified atom stereocenters. The largest absolute Gasteiger partial charge is 0.0877 e. The first-order valence-electron chi connectivity index (χ1n) is 6.44. The van der Waals surface area contributed by atoms with E-state index in [0.717, 1.165) is 23.7 Å². The van der Waals surface area contributed by atoms with Crippen molar-refractivity contribution in [3.63, 3.8) is 0 Å². The Morgan fingerprint density at radius 2 is 1.87 bits per heavy atom. The third-order valence-corrected chi connectivity index (χ3v) is 3.74. The third kappa shape index (κ3) is 3.85. The van der Waals surface area contributed by atoms with Crippen molar-refractivity contribution in [1.82, 2.24) is 0 Å². The van der Waals surface area contributed by atoms with Crippen LogP contribution in [0.1, 0.15) is 47.0 Å². The first kappa shape index (κ1) is 12.5. The lowest BCUT2D eigenvalue weighted by atomic mass is 9.70. The fraction of sp³-hybridized carbons (Fsp3) is 0.733. The summed E-state index contributed by atoms with van der Waals surface area (Å²) in [7, 11) is 0. The second-order valence-corrected chi connectivity index (χ2v) is 5.40. The van der Waals surface area contributed by atoms with Gasteiger partial charge in [0.1, 0.15) is 0 Å². The fourth-order valence-corrected chi connectivity index (χ4v) is 2.82. The van der Waals surface area contributed by atoms with Gasteiger partial charge in [-0.3, -0.25) is 0 Å². The van der Waals surface area contributed by atoms with E-state index in [1.807, 2.05) is 0 Å². The molecule has 0 aromatic carbocycles. The molecule has 0 aliphatic heterocycles. The molecule has 1 saturated carbocycles. The lowest BCUT2D eigenvalue weighted by Crippen LogP contribution is -2.26. The summed E-state index contributed by atoms with van der Waals surface area (Å²) in [5, 5.41) is 0. The Balaban J connectivity index is 2.61. The number of allylic oxidation sites excluding steroid dienone is 4. The van der Waals surface area contributed by atoms with Crippen LogP contribution < -0.4 is 0 Å². The molecule has 0 nitrogen and oxygen atoms in total. The summed E-state index contributed by atoms with van der Waals surface area (Å²) in [5.41, 5.74) is 0. The molecule has 86 valence electrons. The predicted octanol–water partition coefficient (Wildman–Crippen LogP) is 4.83. The standard InChI is InChI=1S/C15H26/c1-5-6-7-8-14-11-13(4)9-10-15(14)12(2)3/h5-8,12-15H,9-11H2,1-4H3. The second-order valence-electron chi connectivity index (χ2n) is 5.40. The van der Waals surface area contributed by atoms with Gasteiger partial charge < -0.3 is 0 Å². The second kappa shape index (κ2) is 6.15. The lowest BCUT2D eigenvalue weighted by molar-refractivity contribution is 0.178. The van der Waals surface area contributed by atoms with E-state index in [1.54, 1.807) is 0 Å². The molecular weight excluding hydrogens is 180 g/mol. The van der Waals surface area contributed by atoms with Crippen molar-refractivity contribution in [2.45, 2.75) is 47.0 Å². The van der Waals surface area contributed by atoms with Crippen LogP contribution in [-0.4, -0.2) is 0 Å². The van der Waals surface area contributed by atoms with E-state index in [-0.39, 0.29) is 0 Å². The fourth-order valence-electron chi connectivity index (χ4n) is 2.82. The van der Waals surface area contributed by atoms with Crippen LogP contribution in [0.2, 0.25) is 0 Å². The summed E-state index contributed by atoms with van der Waals surface area (Å²) in [6, 6.07) is 0. The number of hydrogen-bond donors (Lipinski definition) is 0. The third-order valence-electron chi connectivity index (χ3n) is 3.74. The van der Waals surface area contributed by atoms with Crippen molar-refractivity contribution in [3.8, 4) is 0 Å². The van der Waals surface area contributed by atoms with Crippen LogP contribution in [0.3, 0.4) is 0 Å². The number of hydrogen-bond acceptors (Lipinski definition) is 0. The summed E-state index contributed by atoms with van der Waals surface area (Å²) in [6.07, 6.45) is 13.2. The highest BCUT2D eigenvalue weighted by atomic mass is 14.3. The minimum absolute atomic E-state index is 0.810. The molecule has 0 saturated heterocycles. The maximum Gasteiger partial charge on any atom is -0.0197 e. The molecule has 3 atom stereocenters. The zero-order chi connectivity index (χ0) is 11.3. The van der Waals surface area contributed by atoms with E-state index in [0.29, 0.717) is 0 Å². The Kier molecular flexibility index (Phi) is 5.14. The van der Waals surface area contributed by atoms with Crippen molar-refractivity contribution in [2.24, 2.45) is 23.7 Å². The average Bonchev–Trinajstić information content (AvgIpc) is 2.18. The Hall–Kier alpha value is -0.520. The molecule has 0 spiro atoms. The quantitative estimate of drug-likeness (QED) is 0.580. The summed E-state index contributed by atoms with van der Waals surface area (Å²) in [4.78, 5) is 0. The van der Waals surface area contributed by atoms with E-state index in [1.165, 1.54) is 19.3 Å².